The van der Waals surface area contributed by atoms with Gasteiger partial charge in [0.1, 0.15) is 11.6 Å². The van der Waals surface area contributed by atoms with Crippen molar-refractivity contribution in [3.05, 3.63) is 29.6 Å². The smallest absolute Gasteiger partial charge is 0.305 e. The fourth-order valence-corrected chi connectivity index (χ4v) is 1.60. The molecule has 2 N–H and O–H groups in total. The number of hydrogen-bond donors (Lipinski definition) is 1. The van der Waals surface area contributed by atoms with Crippen molar-refractivity contribution in [1.82, 2.24) is 0 Å². The van der Waals surface area contributed by atoms with E-state index in [1.165, 1.54) is 13.2 Å². The van der Waals surface area contributed by atoms with E-state index in [0.717, 1.165) is 0 Å². The van der Waals surface area contributed by atoms with Gasteiger partial charge in [0.2, 0.25) is 0 Å². The molecule has 0 heterocycles. The zero-order chi connectivity index (χ0) is 13.5. The van der Waals surface area contributed by atoms with Crippen molar-refractivity contribution in [2.24, 2.45) is 5.73 Å². The van der Waals surface area contributed by atoms with E-state index in [4.69, 9.17) is 15.2 Å². The van der Waals surface area contributed by atoms with Gasteiger partial charge in [0, 0.05) is 24.1 Å². The Labute approximate surface area is 106 Å². The van der Waals surface area contributed by atoms with Crippen LogP contribution in [0.2, 0.25) is 0 Å². The van der Waals surface area contributed by atoms with Crippen LogP contribution in [0, 0.1) is 5.82 Å². The Morgan fingerprint density at radius 1 is 1.50 bits per heavy atom. The molecule has 1 atom stereocenters. The van der Waals surface area contributed by atoms with Crippen LogP contribution in [0.3, 0.4) is 0 Å². The van der Waals surface area contributed by atoms with E-state index in [9.17, 15) is 9.18 Å². The summed E-state index contributed by atoms with van der Waals surface area (Å²) in [6.45, 7) is 2.08. The number of nitrogens with two attached hydrogens (primary N) is 1. The number of halogens is 1. The summed E-state index contributed by atoms with van der Waals surface area (Å²) in [5, 5.41) is 0. The Balaban J connectivity index is 2.61. The van der Waals surface area contributed by atoms with Gasteiger partial charge in [-0.25, -0.2) is 4.39 Å². The van der Waals surface area contributed by atoms with Crippen molar-refractivity contribution < 1.29 is 18.7 Å². The first-order valence-electron chi connectivity index (χ1n) is 5.83. The molecule has 0 fully saturated rings. The van der Waals surface area contributed by atoms with E-state index in [0.29, 0.717) is 24.3 Å². The van der Waals surface area contributed by atoms with Gasteiger partial charge in [-0.1, -0.05) is 6.07 Å². The average molecular weight is 255 g/mol. The Bertz CT molecular complexity index is 409. The van der Waals surface area contributed by atoms with Gasteiger partial charge in [0.25, 0.3) is 0 Å². The molecule has 0 bridgehead atoms. The molecule has 5 heteroatoms. The molecule has 0 aliphatic heterocycles. The monoisotopic (exact) mass is 255 g/mol. The van der Waals surface area contributed by atoms with Crippen molar-refractivity contribution in [3.63, 3.8) is 0 Å². The van der Waals surface area contributed by atoms with Crippen molar-refractivity contribution in [2.45, 2.75) is 25.8 Å². The highest BCUT2D eigenvalue weighted by molar-refractivity contribution is 5.69. The number of ether oxygens (including phenoxy) is 2. The predicted molar refractivity (Wildman–Crippen MR) is 65.7 cm³/mol. The molecule has 0 saturated heterocycles. The molecule has 100 valence electrons. The highest BCUT2D eigenvalue weighted by Crippen LogP contribution is 2.23. The lowest BCUT2D eigenvalue weighted by Gasteiger charge is -2.13. The largest absolute Gasteiger partial charge is 0.497 e. The van der Waals surface area contributed by atoms with Crippen LogP contribution in [-0.2, 0) is 9.53 Å². The van der Waals surface area contributed by atoms with Crippen molar-refractivity contribution >= 4 is 5.97 Å². The molecular weight excluding hydrogens is 237 g/mol. The van der Waals surface area contributed by atoms with Gasteiger partial charge in [-0.05, 0) is 19.4 Å². The van der Waals surface area contributed by atoms with Gasteiger partial charge in [-0.2, -0.15) is 0 Å². The molecule has 0 spiro atoms. The van der Waals surface area contributed by atoms with Crippen molar-refractivity contribution in [3.8, 4) is 5.75 Å². The quantitative estimate of drug-likeness (QED) is 0.791. The van der Waals surface area contributed by atoms with Crippen LogP contribution in [0.25, 0.3) is 0 Å². The molecule has 1 unspecified atom stereocenters. The second-order valence-electron chi connectivity index (χ2n) is 3.84. The van der Waals surface area contributed by atoms with Gasteiger partial charge < -0.3 is 15.2 Å². The van der Waals surface area contributed by atoms with Crippen LogP contribution < -0.4 is 10.5 Å². The number of methoxy groups -OCH3 is 1. The van der Waals surface area contributed by atoms with E-state index in [1.807, 2.05) is 0 Å². The normalized spacial score (nSPS) is 12.0. The molecule has 0 saturated carbocycles. The summed E-state index contributed by atoms with van der Waals surface area (Å²) in [4.78, 5) is 11.2. The number of carbonyl (C=O) groups is 1. The third-order valence-corrected chi connectivity index (χ3v) is 2.57. The third kappa shape index (κ3) is 4.00. The van der Waals surface area contributed by atoms with E-state index < -0.39 is 11.9 Å². The van der Waals surface area contributed by atoms with Crippen molar-refractivity contribution in [1.29, 1.82) is 0 Å². The second-order valence-corrected chi connectivity index (χ2v) is 3.84. The lowest BCUT2D eigenvalue weighted by atomic mass is 10.0. The summed E-state index contributed by atoms with van der Waals surface area (Å²) < 4.78 is 23.4. The van der Waals surface area contributed by atoms with Crippen LogP contribution in [0.5, 0.6) is 5.75 Å². The molecule has 0 aliphatic carbocycles. The first kappa shape index (κ1) is 14.4. The summed E-state index contributed by atoms with van der Waals surface area (Å²) in [7, 11) is 1.47. The second kappa shape index (κ2) is 6.96. The highest BCUT2D eigenvalue weighted by Gasteiger charge is 2.14. The molecule has 0 radical (unpaired) electrons. The minimum absolute atomic E-state index is 0.181. The molecule has 0 aliphatic rings. The Kier molecular flexibility index (Phi) is 5.58. The van der Waals surface area contributed by atoms with E-state index in [1.54, 1.807) is 19.1 Å². The predicted octanol–water partition coefficient (Wildman–Crippen LogP) is 2.18. The molecule has 0 amide bonds. The molecular formula is C13H18FNO3. The van der Waals surface area contributed by atoms with Crippen LogP contribution in [0.15, 0.2) is 18.2 Å². The lowest BCUT2D eigenvalue weighted by Crippen LogP contribution is -2.15. The van der Waals surface area contributed by atoms with Crippen LogP contribution in [0.4, 0.5) is 4.39 Å². The average Bonchev–Trinajstić information content (AvgIpc) is 2.36. The molecule has 1 rings (SSSR count). The number of esters is 1. The fourth-order valence-electron chi connectivity index (χ4n) is 1.60. The molecule has 1 aromatic rings. The van der Waals surface area contributed by atoms with Gasteiger partial charge >= 0.3 is 5.97 Å². The number of rotatable bonds is 6. The molecule has 4 nitrogen and oxygen atoms in total. The summed E-state index contributed by atoms with van der Waals surface area (Å²) in [6, 6.07) is 3.96. The third-order valence-electron chi connectivity index (χ3n) is 2.57. The van der Waals surface area contributed by atoms with Gasteiger partial charge in [-0.15, -0.1) is 0 Å². The van der Waals surface area contributed by atoms with E-state index >= 15 is 0 Å². The molecule has 18 heavy (non-hydrogen) atoms. The first-order chi connectivity index (χ1) is 8.58. The summed E-state index contributed by atoms with van der Waals surface area (Å²) in [6.07, 6.45) is 0.530. The van der Waals surface area contributed by atoms with E-state index in [-0.39, 0.29) is 12.4 Å². The molecule has 0 aromatic heterocycles. The Hall–Kier alpha value is -1.62. The number of benzene rings is 1. The minimum atomic E-state index is -0.527. The number of hydrogen-bond acceptors (Lipinski definition) is 4. The minimum Gasteiger partial charge on any atom is -0.497 e. The standard InChI is InChI=1S/C13H18FNO3/c1-3-18-13(16)7-6-12(15)10-5-4-9(17-2)8-11(10)14/h4-5,8,12H,3,6-7,15H2,1-2H3. The van der Waals surface area contributed by atoms with Crippen LogP contribution in [-0.4, -0.2) is 19.7 Å². The van der Waals surface area contributed by atoms with Gasteiger partial charge in [0.05, 0.1) is 13.7 Å². The van der Waals surface area contributed by atoms with Crippen LogP contribution in [0.1, 0.15) is 31.4 Å². The van der Waals surface area contributed by atoms with Gasteiger partial charge in [0.15, 0.2) is 0 Å². The zero-order valence-corrected chi connectivity index (χ0v) is 10.6. The maximum absolute atomic E-state index is 13.7. The van der Waals surface area contributed by atoms with Crippen LogP contribution >= 0.6 is 0 Å². The van der Waals surface area contributed by atoms with Crippen molar-refractivity contribution in [2.75, 3.05) is 13.7 Å². The summed E-state index contributed by atoms with van der Waals surface area (Å²) >= 11 is 0. The number of carbonyl (C=O) groups excluding carboxylic acids is 1. The SMILES string of the molecule is CCOC(=O)CCC(N)c1ccc(OC)cc1F. The molecule has 1 aromatic carbocycles. The highest BCUT2D eigenvalue weighted by atomic mass is 19.1. The lowest BCUT2D eigenvalue weighted by molar-refractivity contribution is -0.143. The first-order valence-corrected chi connectivity index (χ1v) is 5.83. The fraction of sp³-hybridized carbons (Fsp3) is 0.462. The maximum Gasteiger partial charge on any atom is 0.305 e. The Morgan fingerprint density at radius 3 is 2.78 bits per heavy atom. The summed E-state index contributed by atoms with van der Waals surface area (Å²) in [5.74, 6) is -0.304. The van der Waals surface area contributed by atoms with Gasteiger partial charge in [-0.3, -0.25) is 4.79 Å². The Morgan fingerprint density at radius 2 is 2.22 bits per heavy atom. The van der Waals surface area contributed by atoms with E-state index in [2.05, 4.69) is 0 Å². The zero-order valence-electron chi connectivity index (χ0n) is 10.6. The summed E-state index contributed by atoms with van der Waals surface area (Å²) in [5.41, 5.74) is 6.22. The maximum atomic E-state index is 13.7. The topological polar surface area (TPSA) is 61.5 Å².